The van der Waals surface area contributed by atoms with Crippen molar-refractivity contribution in [1.29, 1.82) is 0 Å². The highest BCUT2D eigenvalue weighted by atomic mass is 32.2. The van der Waals surface area contributed by atoms with E-state index < -0.39 is 39.6 Å². The van der Waals surface area contributed by atoms with Crippen LogP contribution in [0.3, 0.4) is 0 Å². The molecule has 1 amide bonds. The number of carbonyl (C=O) groups excluding carboxylic acids is 3. The molecular weight excluding hydrogens is 302 g/mol. The third kappa shape index (κ3) is 5.00. The number of nitrogens with one attached hydrogen (secondary N) is 1. The summed E-state index contributed by atoms with van der Waals surface area (Å²) in [5.41, 5.74) is 0. The molecule has 0 aromatic rings. The van der Waals surface area contributed by atoms with Gasteiger partial charge in [0.2, 0.25) is 11.9 Å². The number of carbonyl (C=O) groups is 3. The van der Waals surface area contributed by atoms with Gasteiger partial charge in [-0.1, -0.05) is 0 Å². The van der Waals surface area contributed by atoms with E-state index in [2.05, 4.69) is 5.32 Å². The maximum absolute atomic E-state index is 12.0. The first kappa shape index (κ1) is 17.4. The van der Waals surface area contributed by atoms with E-state index >= 15 is 0 Å². The fourth-order valence-electron chi connectivity index (χ4n) is 1.93. The Hall–Kier alpha value is -1.64. The van der Waals surface area contributed by atoms with Gasteiger partial charge >= 0.3 is 11.9 Å². The highest BCUT2D eigenvalue weighted by Gasteiger charge is 2.37. The summed E-state index contributed by atoms with van der Waals surface area (Å²) < 4.78 is 32.1. The van der Waals surface area contributed by atoms with Crippen molar-refractivity contribution in [2.45, 2.75) is 26.3 Å². The fourth-order valence-corrected chi connectivity index (χ4v) is 3.67. The largest absolute Gasteiger partial charge is 0.464 e. The van der Waals surface area contributed by atoms with Gasteiger partial charge in [0.05, 0.1) is 30.6 Å². The van der Waals surface area contributed by atoms with Gasteiger partial charge in [0.25, 0.3) is 0 Å². The summed E-state index contributed by atoms with van der Waals surface area (Å²) in [5, 5.41) is 2.21. The van der Waals surface area contributed by atoms with Crippen LogP contribution in [0.5, 0.6) is 0 Å². The van der Waals surface area contributed by atoms with Gasteiger partial charge in [0.1, 0.15) is 0 Å². The van der Waals surface area contributed by atoms with E-state index in [-0.39, 0.29) is 31.1 Å². The second-order valence-electron chi connectivity index (χ2n) is 4.55. The molecule has 1 heterocycles. The summed E-state index contributed by atoms with van der Waals surface area (Å²) in [4.78, 5) is 35.3. The number of amides is 1. The predicted octanol–water partition coefficient (Wildman–Crippen LogP) is -0.968. The molecule has 1 aliphatic rings. The van der Waals surface area contributed by atoms with Crippen molar-refractivity contribution in [3.8, 4) is 0 Å². The van der Waals surface area contributed by atoms with Gasteiger partial charge in [0.15, 0.2) is 9.84 Å². The Kier molecular flexibility index (Phi) is 6.13. The van der Waals surface area contributed by atoms with E-state index in [9.17, 15) is 22.8 Å². The van der Waals surface area contributed by atoms with Crippen molar-refractivity contribution in [2.75, 3.05) is 24.7 Å². The number of rotatable bonds is 6. The third-order valence-electron chi connectivity index (χ3n) is 2.93. The smallest absolute Gasteiger partial charge is 0.340 e. The zero-order valence-corrected chi connectivity index (χ0v) is 12.8. The van der Waals surface area contributed by atoms with Crippen LogP contribution in [0, 0.1) is 5.92 Å². The molecule has 21 heavy (non-hydrogen) atoms. The summed E-state index contributed by atoms with van der Waals surface area (Å²) in [6.07, 6.45) is 0.173. The fraction of sp³-hybridized carbons (Fsp3) is 0.750. The van der Waals surface area contributed by atoms with Crippen molar-refractivity contribution < 1.29 is 32.3 Å². The number of hydrogen-bond acceptors (Lipinski definition) is 7. The van der Waals surface area contributed by atoms with Crippen LogP contribution in [0.25, 0.3) is 0 Å². The number of esters is 2. The van der Waals surface area contributed by atoms with Gasteiger partial charge in [-0.3, -0.25) is 4.79 Å². The molecule has 1 saturated heterocycles. The Morgan fingerprint density at radius 3 is 2.05 bits per heavy atom. The van der Waals surface area contributed by atoms with Crippen LogP contribution in [0.1, 0.15) is 20.3 Å². The van der Waals surface area contributed by atoms with E-state index in [4.69, 9.17) is 9.47 Å². The lowest BCUT2D eigenvalue weighted by molar-refractivity contribution is -0.159. The molecule has 1 aliphatic heterocycles. The molecule has 0 aromatic heterocycles. The van der Waals surface area contributed by atoms with Gasteiger partial charge in [-0.25, -0.2) is 18.0 Å². The summed E-state index contributed by atoms with van der Waals surface area (Å²) >= 11 is 0. The van der Waals surface area contributed by atoms with E-state index in [0.29, 0.717) is 0 Å². The Bertz CT molecular complexity index is 496. The van der Waals surface area contributed by atoms with Crippen LogP contribution in [0.4, 0.5) is 0 Å². The van der Waals surface area contributed by atoms with Crippen LogP contribution in [0.2, 0.25) is 0 Å². The van der Waals surface area contributed by atoms with Crippen molar-refractivity contribution in [3.05, 3.63) is 0 Å². The molecule has 0 spiro atoms. The molecule has 1 fully saturated rings. The normalized spacial score (nSPS) is 20.0. The van der Waals surface area contributed by atoms with Gasteiger partial charge in [-0.15, -0.1) is 0 Å². The molecule has 1 unspecified atom stereocenters. The molecule has 0 radical (unpaired) electrons. The lowest BCUT2D eigenvalue weighted by Gasteiger charge is -2.17. The second kappa shape index (κ2) is 7.39. The SMILES string of the molecule is CCOC(=O)C(NC(=O)C1CCS(=O)(=O)C1)C(=O)OCC. The van der Waals surface area contributed by atoms with Crippen LogP contribution in [-0.4, -0.2) is 57.0 Å². The monoisotopic (exact) mass is 321 g/mol. The summed E-state index contributed by atoms with van der Waals surface area (Å²) in [7, 11) is -3.23. The Balaban J connectivity index is 2.74. The first-order valence-electron chi connectivity index (χ1n) is 6.64. The zero-order chi connectivity index (χ0) is 16.0. The molecule has 0 saturated carbocycles. The van der Waals surface area contributed by atoms with Crippen LogP contribution >= 0.6 is 0 Å². The van der Waals surface area contributed by atoms with E-state index in [1.165, 1.54) is 0 Å². The van der Waals surface area contributed by atoms with E-state index in [1.54, 1.807) is 13.8 Å². The van der Waals surface area contributed by atoms with Crippen molar-refractivity contribution in [3.63, 3.8) is 0 Å². The quantitative estimate of drug-likeness (QED) is 0.494. The van der Waals surface area contributed by atoms with Gasteiger partial charge in [0, 0.05) is 0 Å². The van der Waals surface area contributed by atoms with Crippen LogP contribution < -0.4 is 5.32 Å². The minimum atomic E-state index is -3.23. The number of ether oxygens (including phenoxy) is 2. The summed E-state index contributed by atoms with van der Waals surface area (Å²) in [6, 6.07) is -1.57. The number of hydrogen-bond donors (Lipinski definition) is 1. The minimum absolute atomic E-state index is 0.0441. The predicted molar refractivity (Wildman–Crippen MR) is 72.0 cm³/mol. The lowest BCUT2D eigenvalue weighted by Crippen LogP contribution is -2.50. The standard InChI is InChI=1S/C12H19NO7S/c1-3-19-11(15)9(12(16)20-4-2)13-10(14)8-5-6-21(17,18)7-8/h8-9H,3-7H2,1-2H3,(H,13,14). The van der Waals surface area contributed by atoms with Crippen LogP contribution in [-0.2, 0) is 33.7 Å². The molecule has 9 heteroatoms. The maximum atomic E-state index is 12.0. The Morgan fingerprint density at radius 1 is 1.14 bits per heavy atom. The highest BCUT2D eigenvalue weighted by Crippen LogP contribution is 2.18. The first-order valence-corrected chi connectivity index (χ1v) is 8.47. The van der Waals surface area contributed by atoms with Gasteiger partial charge in [-0.05, 0) is 20.3 Å². The van der Waals surface area contributed by atoms with Crippen molar-refractivity contribution >= 4 is 27.7 Å². The molecule has 0 bridgehead atoms. The summed E-state index contributed by atoms with van der Waals surface area (Å²) in [5.74, 6) is -3.63. The third-order valence-corrected chi connectivity index (χ3v) is 4.70. The average Bonchev–Trinajstić information content (AvgIpc) is 2.76. The van der Waals surface area contributed by atoms with E-state index in [1.807, 2.05) is 0 Å². The average molecular weight is 321 g/mol. The zero-order valence-electron chi connectivity index (χ0n) is 12.0. The first-order chi connectivity index (χ1) is 9.80. The van der Waals surface area contributed by atoms with Gasteiger partial charge in [-0.2, -0.15) is 0 Å². The van der Waals surface area contributed by atoms with Crippen molar-refractivity contribution in [2.24, 2.45) is 5.92 Å². The van der Waals surface area contributed by atoms with Crippen molar-refractivity contribution in [1.82, 2.24) is 5.32 Å². The highest BCUT2D eigenvalue weighted by molar-refractivity contribution is 7.91. The second-order valence-corrected chi connectivity index (χ2v) is 6.77. The van der Waals surface area contributed by atoms with Gasteiger partial charge < -0.3 is 14.8 Å². The minimum Gasteiger partial charge on any atom is -0.464 e. The molecule has 0 aliphatic carbocycles. The topological polar surface area (TPSA) is 116 Å². The number of sulfone groups is 1. The van der Waals surface area contributed by atoms with E-state index in [0.717, 1.165) is 0 Å². The molecule has 1 atom stereocenters. The molecule has 120 valence electrons. The Morgan fingerprint density at radius 2 is 1.67 bits per heavy atom. The molecule has 1 rings (SSSR count). The lowest BCUT2D eigenvalue weighted by atomic mass is 10.1. The maximum Gasteiger partial charge on any atom is 0.340 e. The molecular formula is C12H19NO7S. The Labute approximate surface area is 123 Å². The molecule has 8 nitrogen and oxygen atoms in total. The summed E-state index contributed by atoms with van der Waals surface area (Å²) in [6.45, 7) is 3.21. The van der Waals surface area contributed by atoms with Crippen LogP contribution in [0.15, 0.2) is 0 Å². The molecule has 0 aromatic carbocycles. The molecule has 1 N–H and O–H groups in total.